The quantitative estimate of drug-likeness (QED) is 0.620. The lowest BCUT2D eigenvalue weighted by molar-refractivity contribution is 0.219. The van der Waals surface area contributed by atoms with Crippen molar-refractivity contribution in [2.75, 3.05) is 12.4 Å². The Morgan fingerprint density at radius 1 is 1.37 bits per heavy atom. The summed E-state index contributed by atoms with van der Waals surface area (Å²) >= 11 is 0. The van der Waals surface area contributed by atoms with Crippen LogP contribution in [0.3, 0.4) is 0 Å². The van der Waals surface area contributed by atoms with Gasteiger partial charge in [0, 0.05) is 0 Å². The summed E-state index contributed by atoms with van der Waals surface area (Å²) in [5, 5.41) is 1.44. The van der Waals surface area contributed by atoms with Gasteiger partial charge in [-0.05, 0) is 43.3 Å². The topological polar surface area (TPSA) is 43.4 Å². The molecular formula is C14H21O3PS. The van der Waals surface area contributed by atoms with Gasteiger partial charge in [0.15, 0.2) is 0 Å². The molecule has 1 fully saturated rings. The first-order valence-corrected chi connectivity index (χ1v) is 10.1. The van der Waals surface area contributed by atoms with Crippen LogP contribution in [0.25, 0.3) is 0 Å². The molecular weight excluding hydrogens is 279 g/mol. The highest BCUT2D eigenvalue weighted by atomic mass is 32.2. The molecule has 3 atom stereocenters. The van der Waals surface area contributed by atoms with E-state index in [1.165, 1.54) is 24.3 Å². The zero-order valence-electron chi connectivity index (χ0n) is 11.5. The Morgan fingerprint density at radius 2 is 2.05 bits per heavy atom. The summed E-state index contributed by atoms with van der Waals surface area (Å²) in [5.41, 5.74) is 0.592. The molecule has 2 unspecified atom stereocenters. The van der Waals surface area contributed by atoms with Crippen molar-refractivity contribution in [3.63, 3.8) is 0 Å². The van der Waals surface area contributed by atoms with Gasteiger partial charge < -0.3 is 0 Å². The van der Waals surface area contributed by atoms with Gasteiger partial charge in [0.1, 0.15) is 0 Å². The maximum Gasteiger partial charge on any atom is 0.264 e. The van der Waals surface area contributed by atoms with Crippen molar-refractivity contribution >= 4 is 23.3 Å². The lowest BCUT2D eigenvalue weighted by atomic mass is 10.1. The SMILES string of the molecule is CC(C[C@H]1CCCP1c1ccccc1)OS(C)(=O)=O. The second-order valence-corrected chi connectivity index (χ2v) is 9.41. The number of hydrogen-bond acceptors (Lipinski definition) is 3. The lowest BCUT2D eigenvalue weighted by Gasteiger charge is -2.23. The first-order chi connectivity index (χ1) is 8.96. The van der Waals surface area contributed by atoms with Gasteiger partial charge in [-0.25, -0.2) is 0 Å². The molecule has 1 aromatic carbocycles. The third-order valence-electron chi connectivity index (χ3n) is 3.41. The van der Waals surface area contributed by atoms with Crippen LogP contribution in [0.5, 0.6) is 0 Å². The van der Waals surface area contributed by atoms with Gasteiger partial charge in [-0.1, -0.05) is 38.3 Å². The van der Waals surface area contributed by atoms with Crippen molar-refractivity contribution in [3.05, 3.63) is 30.3 Å². The normalized spacial score (nSPS) is 25.4. The van der Waals surface area contributed by atoms with Crippen LogP contribution in [0.4, 0.5) is 0 Å². The van der Waals surface area contributed by atoms with Crippen molar-refractivity contribution in [1.29, 1.82) is 0 Å². The molecule has 5 heteroatoms. The molecule has 0 radical (unpaired) electrons. The molecule has 3 nitrogen and oxygen atoms in total. The van der Waals surface area contributed by atoms with E-state index in [9.17, 15) is 8.42 Å². The Morgan fingerprint density at radius 3 is 2.68 bits per heavy atom. The average Bonchev–Trinajstić information content (AvgIpc) is 2.75. The Hall–Kier alpha value is -0.440. The highest BCUT2D eigenvalue weighted by Crippen LogP contribution is 2.50. The van der Waals surface area contributed by atoms with Crippen molar-refractivity contribution in [1.82, 2.24) is 0 Å². The second-order valence-electron chi connectivity index (χ2n) is 5.17. The van der Waals surface area contributed by atoms with Crippen molar-refractivity contribution in [2.45, 2.75) is 37.9 Å². The van der Waals surface area contributed by atoms with E-state index >= 15 is 0 Å². The first-order valence-electron chi connectivity index (χ1n) is 6.65. The lowest BCUT2D eigenvalue weighted by Crippen LogP contribution is -2.20. The predicted molar refractivity (Wildman–Crippen MR) is 80.9 cm³/mol. The molecule has 0 amide bonds. The van der Waals surface area contributed by atoms with Gasteiger partial charge in [-0.3, -0.25) is 4.18 Å². The molecule has 0 bridgehead atoms. The molecule has 1 saturated heterocycles. The molecule has 0 N–H and O–H groups in total. The Kier molecular flexibility index (Phi) is 4.99. The smallest absolute Gasteiger partial charge is 0.264 e. The predicted octanol–water partition coefficient (Wildman–Crippen LogP) is 2.71. The van der Waals surface area contributed by atoms with E-state index in [0.717, 1.165) is 12.7 Å². The summed E-state index contributed by atoms with van der Waals surface area (Å²) in [6.45, 7) is 1.86. The van der Waals surface area contributed by atoms with Crippen LogP contribution >= 0.6 is 7.92 Å². The maximum atomic E-state index is 11.2. The van der Waals surface area contributed by atoms with Gasteiger partial charge in [-0.15, -0.1) is 0 Å². The molecule has 0 aromatic heterocycles. The van der Waals surface area contributed by atoms with Gasteiger partial charge in [0.25, 0.3) is 10.1 Å². The zero-order chi connectivity index (χ0) is 13.9. The van der Waals surface area contributed by atoms with E-state index in [2.05, 4.69) is 24.3 Å². The number of benzene rings is 1. The largest absolute Gasteiger partial charge is 0.267 e. The van der Waals surface area contributed by atoms with E-state index in [4.69, 9.17) is 4.18 Å². The van der Waals surface area contributed by atoms with Gasteiger partial charge in [0.05, 0.1) is 12.4 Å². The fraction of sp³-hybridized carbons (Fsp3) is 0.571. The van der Waals surface area contributed by atoms with Crippen LogP contribution in [-0.2, 0) is 14.3 Å². The fourth-order valence-corrected chi connectivity index (χ4v) is 6.61. The number of rotatable bonds is 5. The molecule has 1 aliphatic rings. The Bertz CT molecular complexity index is 501. The number of hydrogen-bond donors (Lipinski definition) is 0. The van der Waals surface area contributed by atoms with Crippen LogP contribution in [0, 0.1) is 0 Å². The molecule has 1 aliphatic heterocycles. The highest BCUT2D eigenvalue weighted by molar-refractivity contribution is 7.86. The molecule has 106 valence electrons. The average molecular weight is 300 g/mol. The Balaban J connectivity index is 2.00. The molecule has 1 heterocycles. The van der Waals surface area contributed by atoms with Crippen molar-refractivity contribution in [3.8, 4) is 0 Å². The second kappa shape index (κ2) is 6.34. The van der Waals surface area contributed by atoms with Crippen molar-refractivity contribution < 1.29 is 12.6 Å². The molecule has 19 heavy (non-hydrogen) atoms. The van der Waals surface area contributed by atoms with E-state index in [1.54, 1.807) is 0 Å². The summed E-state index contributed by atoms with van der Waals surface area (Å²) in [7, 11) is -3.49. The summed E-state index contributed by atoms with van der Waals surface area (Å²) < 4.78 is 27.4. The summed E-state index contributed by atoms with van der Waals surface area (Å²) in [5.74, 6) is 0. The third kappa shape index (κ3) is 4.55. The zero-order valence-corrected chi connectivity index (χ0v) is 13.2. The maximum absolute atomic E-state index is 11.2. The molecule has 1 aromatic rings. The fourth-order valence-electron chi connectivity index (χ4n) is 2.76. The first kappa shape index (κ1) is 15.0. The van der Waals surface area contributed by atoms with Crippen LogP contribution in [-0.4, -0.2) is 32.6 Å². The summed E-state index contributed by atoms with van der Waals surface area (Å²) in [4.78, 5) is 0. The summed E-state index contributed by atoms with van der Waals surface area (Å²) in [6, 6.07) is 10.6. The van der Waals surface area contributed by atoms with Crippen LogP contribution in [0.1, 0.15) is 26.2 Å². The monoisotopic (exact) mass is 300 g/mol. The molecule has 0 saturated carbocycles. The van der Waals surface area contributed by atoms with Crippen LogP contribution < -0.4 is 5.30 Å². The van der Waals surface area contributed by atoms with Crippen LogP contribution in [0.2, 0.25) is 0 Å². The molecule has 2 rings (SSSR count). The highest BCUT2D eigenvalue weighted by Gasteiger charge is 2.30. The van der Waals surface area contributed by atoms with E-state index in [0.29, 0.717) is 5.66 Å². The third-order valence-corrected chi connectivity index (χ3v) is 7.20. The van der Waals surface area contributed by atoms with E-state index in [1.807, 2.05) is 13.0 Å². The Labute approximate surface area is 117 Å². The molecule has 0 aliphatic carbocycles. The van der Waals surface area contributed by atoms with Gasteiger partial charge >= 0.3 is 0 Å². The standard InChI is InChI=1S/C14H21O3PS/c1-12(17-19(2,15)16)11-14-9-6-10-18(14)13-7-4-3-5-8-13/h3-5,7-8,12,14H,6,9-11H2,1-2H3/t12?,14-,18?/m1/s1. The van der Waals surface area contributed by atoms with Gasteiger partial charge in [-0.2, -0.15) is 8.42 Å². The van der Waals surface area contributed by atoms with E-state index in [-0.39, 0.29) is 14.0 Å². The van der Waals surface area contributed by atoms with Crippen LogP contribution in [0.15, 0.2) is 30.3 Å². The van der Waals surface area contributed by atoms with Gasteiger partial charge in [0.2, 0.25) is 0 Å². The minimum Gasteiger partial charge on any atom is -0.267 e. The minimum absolute atomic E-state index is 0.153. The molecule has 0 spiro atoms. The van der Waals surface area contributed by atoms with E-state index < -0.39 is 10.1 Å². The minimum atomic E-state index is -3.34. The van der Waals surface area contributed by atoms with Crippen molar-refractivity contribution in [2.24, 2.45) is 0 Å². The summed E-state index contributed by atoms with van der Waals surface area (Å²) in [6.07, 6.45) is 5.45.